The van der Waals surface area contributed by atoms with Gasteiger partial charge in [0.1, 0.15) is 5.65 Å². The molecule has 2 heterocycles. The molecule has 4 heteroatoms. The van der Waals surface area contributed by atoms with Gasteiger partial charge in [0.2, 0.25) is 0 Å². The number of hydrogen-bond acceptors (Lipinski definition) is 3. The second-order valence-electron chi connectivity index (χ2n) is 5.97. The highest BCUT2D eigenvalue weighted by Gasteiger charge is 2.11. The Balaban J connectivity index is 2.61. The van der Waals surface area contributed by atoms with E-state index in [0.717, 1.165) is 10.8 Å². The van der Waals surface area contributed by atoms with Crippen LogP contribution in [0.3, 0.4) is 0 Å². The molecule has 3 rings (SSSR count). The summed E-state index contributed by atoms with van der Waals surface area (Å²) in [6, 6.07) is 7.19. The number of nitrogens with zero attached hydrogens (tertiary/aromatic N) is 3. The van der Waals surface area contributed by atoms with E-state index < -0.39 is 0 Å². The molecule has 0 aliphatic heterocycles. The van der Waals surface area contributed by atoms with Gasteiger partial charge in [-0.15, -0.1) is 0 Å². The number of fused-ring (bicyclic) bond motifs is 3. The molecule has 0 atom stereocenters. The summed E-state index contributed by atoms with van der Waals surface area (Å²) in [7, 11) is 0. The third-order valence-electron chi connectivity index (χ3n) is 4.04. The van der Waals surface area contributed by atoms with Crippen LogP contribution >= 0.6 is 0 Å². The van der Waals surface area contributed by atoms with Gasteiger partial charge in [-0.2, -0.15) is 5.26 Å². The molecule has 0 unspecified atom stereocenters. The van der Waals surface area contributed by atoms with Crippen molar-refractivity contribution in [1.82, 2.24) is 9.38 Å². The molecule has 3 aromatic rings. The second kappa shape index (κ2) is 6.66. The summed E-state index contributed by atoms with van der Waals surface area (Å²) in [6.45, 7) is 13.5. The number of allylic oxidation sites excluding steroid dienone is 4. The Hall–Kier alpha value is -3.71. The predicted molar refractivity (Wildman–Crippen MR) is 107 cm³/mol. The van der Waals surface area contributed by atoms with Gasteiger partial charge in [0.15, 0.2) is 0 Å². The van der Waals surface area contributed by atoms with Crippen molar-refractivity contribution >= 4 is 35.4 Å². The third-order valence-corrected chi connectivity index (χ3v) is 4.04. The molecular weight excluding hydrogens is 322 g/mol. The zero-order chi connectivity index (χ0) is 18.8. The van der Waals surface area contributed by atoms with E-state index in [1.165, 1.54) is 4.40 Å². The maximum Gasteiger partial charge on any atom is 0.264 e. The molecule has 0 amide bonds. The van der Waals surface area contributed by atoms with Crippen molar-refractivity contribution in [3.05, 3.63) is 86.7 Å². The molecule has 0 saturated carbocycles. The Morgan fingerprint density at radius 3 is 2.73 bits per heavy atom. The van der Waals surface area contributed by atoms with Crippen LogP contribution in [0.25, 0.3) is 35.4 Å². The standard InChI is InChI=1S/C22H17N3O/c1-5-7-17-15(4)18(9-6-8-14(2)3)22(26)25-20-12-16(13-23)10-11-19(20)24-21(17)25/h5-12H,1-2,4H2,3H3/b8-6-,17-7+,18-9+. The van der Waals surface area contributed by atoms with Gasteiger partial charge in [0.25, 0.3) is 5.56 Å². The molecule has 0 aliphatic rings. The van der Waals surface area contributed by atoms with Crippen LogP contribution in [0.15, 0.2) is 60.0 Å². The Bertz CT molecular complexity index is 1370. The maximum atomic E-state index is 13.1. The molecule has 2 aromatic heterocycles. The number of rotatable bonds is 3. The van der Waals surface area contributed by atoms with Crippen molar-refractivity contribution in [2.24, 2.45) is 0 Å². The Morgan fingerprint density at radius 2 is 2.08 bits per heavy atom. The first-order valence-electron chi connectivity index (χ1n) is 8.02. The van der Waals surface area contributed by atoms with Crippen molar-refractivity contribution < 1.29 is 0 Å². The lowest BCUT2D eigenvalue weighted by molar-refractivity contribution is 1.10. The van der Waals surface area contributed by atoms with Crippen LogP contribution in [-0.2, 0) is 0 Å². The number of imidazole rings is 1. The number of nitriles is 1. The molecule has 126 valence electrons. The van der Waals surface area contributed by atoms with Crippen molar-refractivity contribution in [3.8, 4) is 6.07 Å². The smallest absolute Gasteiger partial charge is 0.264 e. The van der Waals surface area contributed by atoms with Crippen LogP contribution < -0.4 is 21.2 Å². The molecule has 0 radical (unpaired) electrons. The summed E-state index contributed by atoms with van der Waals surface area (Å²) < 4.78 is 1.53. The monoisotopic (exact) mass is 339 g/mol. The molecule has 0 saturated heterocycles. The van der Waals surface area contributed by atoms with Crippen LogP contribution in [0.2, 0.25) is 0 Å². The van der Waals surface area contributed by atoms with Crippen molar-refractivity contribution in [3.63, 3.8) is 0 Å². The van der Waals surface area contributed by atoms with E-state index in [-0.39, 0.29) is 5.56 Å². The van der Waals surface area contributed by atoms with Gasteiger partial charge in [-0.05, 0) is 36.4 Å². The van der Waals surface area contributed by atoms with Gasteiger partial charge in [-0.1, -0.05) is 49.6 Å². The van der Waals surface area contributed by atoms with Gasteiger partial charge >= 0.3 is 0 Å². The van der Waals surface area contributed by atoms with Crippen molar-refractivity contribution in [2.45, 2.75) is 6.92 Å². The minimum absolute atomic E-state index is 0.227. The zero-order valence-corrected chi connectivity index (χ0v) is 14.5. The quantitative estimate of drug-likeness (QED) is 0.683. The van der Waals surface area contributed by atoms with Crippen LogP contribution in [0.5, 0.6) is 0 Å². The molecule has 0 N–H and O–H groups in total. The zero-order valence-electron chi connectivity index (χ0n) is 14.5. The average Bonchev–Trinajstić information content (AvgIpc) is 2.99. The highest BCUT2D eigenvalue weighted by Crippen LogP contribution is 2.14. The maximum absolute atomic E-state index is 13.1. The van der Waals surface area contributed by atoms with E-state index >= 15 is 0 Å². The summed E-state index contributed by atoms with van der Waals surface area (Å²) in [4.78, 5) is 17.7. The van der Waals surface area contributed by atoms with E-state index in [1.807, 2.05) is 13.0 Å². The summed E-state index contributed by atoms with van der Waals surface area (Å²) in [5.74, 6) is 0. The van der Waals surface area contributed by atoms with E-state index in [9.17, 15) is 10.1 Å². The number of pyridine rings is 1. The molecule has 0 spiro atoms. The SMILES string of the molecule is C=C/C=c1\c(=C)/c(=C\C=C/C(=C)C)c(=O)n2c1nc1ccc(C#N)cc12. The average molecular weight is 339 g/mol. The van der Waals surface area contributed by atoms with Crippen LogP contribution in [0.4, 0.5) is 0 Å². The number of benzene rings is 1. The van der Waals surface area contributed by atoms with E-state index in [0.29, 0.717) is 32.7 Å². The summed E-state index contributed by atoms with van der Waals surface area (Å²) >= 11 is 0. The first-order valence-corrected chi connectivity index (χ1v) is 8.02. The minimum Gasteiger partial charge on any atom is -0.268 e. The predicted octanol–water partition coefficient (Wildman–Crippen LogP) is 1.73. The Morgan fingerprint density at radius 1 is 1.31 bits per heavy atom. The topological polar surface area (TPSA) is 58.2 Å². The number of hydrogen-bond donors (Lipinski definition) is 0. The minimum atomic E-state index is -0.227. The lowest BCUT2D eigenvalue weighted by atomic mass is 10.2. The molecule has 4 nitrogen and oxygen atoms in total. The van der Waals surface area contributed by atoms with Gasteiger partial charge in [0.05, 0.1) is 22.7 Å². The van der Waals surface area contributed by atoms with Gasteiger partial charge < -0.3 is 0 Å². The largest absolute Gasteiger partial charge is 0.268 e. The van der Waals surface area contributed by atoms with Crippen LogP contribution in [0, 0.1) is 11.3 Å². The first-order chi connectivity index (χ1) is 12.5. The molecular formula is C22H17N3O. The van der Waals surface area contributed by atoms with Crippen molar-refractivity contribution in [1.29, 1.82) is 5.26 Å². The Kier molecular flexibility index (Phi) is 4.38. The fourth-order valence-electron chi connectivity index (χ4n) is 2.83. The van der Waals surface area contributed by atoms with Crippen LogP contribution in [0.1, 0.15) is 12.5 Å². The van der Waals surface area contributed by atoms with E-state index in [1.54, 1.807) is 42.5 Å². The summed E-state index contributed by atoms with van der Waals surface area (Å²) in [5, 5.41) is 10.9. The fraction of sp³-hybridized carbons (Fsp3) is 0.0455. The highest BCUT2D eigenvalue weighted by molar-refractivity contribution is 5.82. The second-order valence-corrected chi connectivity index (χ2v) is 5.97. The normalized spacial score (nSPS) is 12.9. The lowest BCUT2D eigenvalue weighted by Crippen LogP contribution is -2.50. The van der Waals surface area contributed by atoms with Gasteiger partial charge in [-0.25, -0.2) is 4.98 Å². The van der Waals surface area contributed by atoms with Gasteiger partial charge in [-0.3, -0.25) is 9.20 Å². The Labute approximate surface area is 150 Å². The third kappa shape index (κ3) is 2.76. The van der Waals surface area contributed by atoms with Gasteiger partial charge in [0, 0.05) is 10.4 Å². The van der Waals surface area contributed by atoms with E-state index in [4.69, 9.17) is 0 Å². The molecule has 0 bridgehead atoms. The summed E-state index contributed by atoms with van der Waals surface area (Å²) in [6.07, 6.45) is 8.74. The molecule has 0 fully saturated rings. The summed E-state index contributed by atoms with van der Waals surface area (Å²) in [5.41, 5.74) is 2.88. The van der Waals surface area contributed by atoms with Crippen molar-refractivity contribution in [2.75, 3.05) is 0 Å². The molecule has 1 aromatic carbocycles. The van der Waals surface area contributed by atoms with Crippen LogP contribution in [-0.4, -0.2) is 9.38 Å². The number of aromatic nitrogens is 2. The van der Waals surface area contributed by atoms with E-state index in [2.05, 4.69) is 30.8 Å². The highest BCUT2D eigenvalue weighted by atomic mass is 16.1. The lowest BCUT2D eigenvalue weighted by Gasteiger charge is -1.98. The molecule has 26 heavy (non-hydrogen) atoms. The fourth-order valence-corrected chi connectivity index (χ4v) is 2.83. The first kappa shape index (κ1) is 17.1. The molecule has 0 aliphatic carbocycles.